The number of halogens is 1. The first kappa shape index (κ1) is 15.8. The number of carbonyl (C=O) groups is 1. The highest BCUT2D eigenvalue weighted by Crippen LogP contribution is 2.20. The van der Waals surface area contributed by atoms with E-state index >= 15 is 0 Å². The van der Waals surface area contributed by atoms with Crippen LogP contribution >= 0.6 is 0 Å². The van der Waals surface area contributed by atoms with Crippen molar-refractivity contribution in [1.29, 1.82) is 0 Å². The van der Waals surface area contributed by atoms with Crippen molar-refractivity contribution in [3.63, 3.8) is 0 Å². The smallest absolute Gasteiger partial charge is 0.323 e. The van der Waals surface area contributed by atoms with Gasteiger partial charge in [-0.15, -0.1) is 0 Å². The van der Waals surface area contributed by atoms with Gasteiger partial charge in [-0.25, -0.2) is 17.6 Å². The van der Waals surface area contributed by atoms with Crippen LogP contribution in [0.15, 0.2) is 47.4 Å². The van der Waals surface area contributed by atoms with Crippen LogP contribution in [0.3, 0.4) is 0 Å². The number of rotatable bonds is 3. The summed E-state index contributed by atoms with van der Waals surface area (Å²) in [7, 11) is -3.38. The van der Waals surface area contributed by atoms with E-state index in [9.17, 15) is 17.6 Å². The number of amides is 2. The van der Waals surface area contributed by atoms with Crippen LogP contribution < -0.4 is 10.6 Å². The van der Waals surface area contributed by atoms with Crippen molar-refractivity contribution in [2.45, 2.75) is 4.90 Å². The molecule has 8 heteroatoms. The molecular weight excluding hydrogens is 311 g/mol. The van der Waals surface area contributed by atoms with Crippen LogP contribution in [0.2, 0.25) is 0 Å². The Labute approximate surface area is 126 Å². The Kier molecular flexibility index (Phi) is 4.32. The summed E-state index contributed by atoms with van der Waals surface area (Å²) in [6, 6.07) is 8.45. The van der Waals surface area contributed by atoms with Crippen LogP contribution in [-0.4, -0.2) is 25.8 Å². The van der Waals surface area contributed by atoms with Gasteiger partial charge in [-0.3, -0.25) is 0 Å². The SMILES string of the molecule is CS(=O)(=O)c1cccc(NC(=O)Nc2ccc(O)c(F)c2)c1. The number of aromatic hydroxyl groups is 1. The molecule has 0 saturated heterocycles. The summed E-state index contributed by atoms with van der Waals surface area (Å²) in [5.41, 5.74) is 0.423. The zero-order valence-electron chi connectivity index (χ0n) is 11.5. The minimum atomic E-state index is -3.38. The number of hydrogen-bond donors (Lipinski definition) is 3. The Morgan fingerprint density at radius 3 is 2.32 bits per heavy atom. The molecule has 0 heterocycles. The molecule has 0 aliphatic rings. The molecule has 3 N–H and O–H groups in total. The second-order valence-corrected chi connectivity index (χ2v) is 6.56. The van der Waals surface area contributed by atoms with Crippen molar-refractivity contribution in [3.05, 3.63) is 48.3 Å². The fraction of sp³-hybridized carbons (Fsp3) is 0.0714. The molecule has 0 aliphatic carbocycles. The van der Waals surface area contributed by atoms with Gasteiger partial charge >= 0.3 is 6.03 Å². The van der Waals surface area contributed by atoms with E-state index in [0.717, 1.165) is 18.4 Å². The van der Waals surface area contributed by atoms with Gasteiger partial charge in [0, 0.05) is 23.7 Å². The maximum Gasteiger partial charge on any atom is 0.323 e. The van der Waals surface area contributed by atoms with Crippen molar-refractivity contribution in [2.75, 3.05) is 16.9 Å². The van der Waals surface area contributed by atoms with Crippen molar-refractivity contribution < 1.29 is 22.7 Å². The molecule has 0 bridgehead atoms. The molecule has 0 saturated carbocycles. The summed E-state index contributed by atoms with van der Waals surface area (Å²) in [6.45, 7) is 0. The number of anilines is 2. The molecule has 116 valence electrons. The number of hydrogen-bond acceptors (Lipinski definition) is 4. The van der Waals surface area contributed by atoms with E-state index in [4.69, 9.17) is 5.11 Å². The monoisotopic (exact) mass is 324 g/mol. The Hall–Kier alpha value is -2.61. The zero-order valence-corrected chi connectivity index (χ0v) is 12.3. The van der Waals surface area contributed by atoms with Crippen LogP contribution in [0.5, 0.6) is 5.75 Å². The van der Waals surface area contributed by atoms with E-state index < -0.39 is 27.4 Å². The quantitative estimate of drug-likeness (QED) is 0.756. The number of benzene rings is 2. The molecule has 22 heavy (non-hydrogen) atoms. The fourth-order valence-electron chi connectivity index (χ4n) is 1.68. The molecule has 2 rings (SSSR count). The Balaban J connectivity index is 2.10. The van der Waals surface area contributed by atoms with Gasteiger partial charge < -0.3 is 15.7 Å². The van der Waals surface area contributed by atoms with E-state index in [1.54, 1.807) is 0 Å². The molecular formula is C14H13FN2O4S. The summed E-state index contributed by atoms with van der Waals surface area (Å²) in [6.07, 6.45) is 1.06. The number of phenolic OH excluding ortho intramolecular Hbond substituents is 1. The molecule has 0 unspecified atom stereocenters. The second-order valence-electron chi connectivity index (χ2n) is 4.55. The van der Waals surface area contributed by atoms with E-state index in [2.05, 4.69) is 10.6 Å². The fourth-order valence-corrected chi connectivity index (χ4v) is 2.35. The average molecular weight is 324 g/mol. The molecule has 0 aliphatic heterocycles. The number of carbonyl (C=O) groups excluding carboxylic acids is 1. The van der Waals surface area contributed by atoms with Crippen LogP contribution in [0, 0.1) is 5.82 Å². The average Bonchev–Trinajstić information content (AvgIpc) is 2.42. The molecule has 0 atom stereocenters. The van der Waals surface area contributed by atoms with Gasteiger partial charge in [0.15, 0.2) is 21.4 Å². The lowest BCUT2D eigenvalue weighted by Crippen LogP contribution is -2.19. The Morgan fingerprint density at radius 1 is 1.09 bits per heavy atom. The molecule has 2 amide bonds. The first-order chi connectivity index (χ1) is 10.3. The van der Waals surface area contributed by atoms with E-state index in [1.165, 1.54) is 30.3 Å². The molecule has 2 aromatic rings. The Morgan fingerprint density at radius 2 is 1.73 bits per heavy atom. The maximum atomic E-state index is 13.2. The highest BCUT2D eigenvalue weighted by atomic mass is 32.2. The number of urea groups is 1. The lowest BCUT2D eigenvalue weighted by atomic mass is 10.3. The van der Waals surface area contributed by atoms with Gasteiger partial charge in [-0.2, -0.15) is 0 Å². The lowest BCUT2D eigenvalue weighted by Gasteiger charge is -2.09. The molecule has 0 spiro atoms. The summed E-state index contributed by atoms with van der Waals surface area (Å²) in [5.74, 6) is -1.39. The zero-order chi connectivity index (χ0) is 16.3. The van der Waals surface area contributed by atoms with E-state index in [-0.39, 0.29) is 16.3 Å². The third-order valence-electron chi connectivity index (χ3n) is 2.73. The highest BCUT2D eigenvalue weighted by Gasteiger charge is 2.09. The first-order valence-electron chi connectivity index (χ1n) is 6.12. The topological polar surface area (TPSA) is 95.5 Å². The van der Waals surface area contributed by atoms with Crippen molar-refractivity contribution in [1.82, 2.24) is 0 Å². The summed E-state index contributed by atoms with van der Waals surface area (Å²) < 4.78 is 36.0. The third-order valence-corrected chi connectivity index (χ3v) is 3.84. The minimum Gasteiger partial charge on any atom is -0.505 e. The summed E-state index contributed by atoms with van der Waals surface area (Å²) >= 11 is 0. The van der Waals surface area contributed by atoms with Gasteiger partial charge in [-0.1, -0.05) is 6.07 Å². The van der Waals surface area contributed by atoms with Gasteiger partial charge in [0.1, 0.15) is 0 Å². The minimum absolute atomic E-state index is 0.0703. The van der Waals surface area contributed by atoms with Gasteiger partial charge in [0.2, 0.25) is 0 Å². The number of phenols is 1. The first-order valence-corrected chi connectivity index (χ1v) is 8.01. The van der Waals surface area contributed by atoms with Gasteiger partial charge in [-0.05, 0) is 30.3 Å². The molecule has 0 aromatic heterocycles. The predicted molar refractivity (Wildman–Crippen MR) is 80.3 cm³/mol. The van der Waals surface area contributed by atoms with Crippen molar-refractivity contribution in [2.24, 2.45) is 0 Å². The predicted octanol–water partition coefficient (Wildman–Crippen LogP) is 2.58. The molecule has 0 fully saturated rings. The number of sulfone groups is 1. The molecule has 2 aromatic carbocycles. The van der Waals surface area contributed by atoms with E-state index in [1.807, 2.05) is 0 Å². The second kappa shape index (κ2) is 6.02. The largest absolute Gasteiger partial charge is 0.505 e. The lowest BCUT2D eigenvalue weighted by molar-refractivity contribution is 0.262. The van der Waals surface area contributed by atoms with Crippen molar-refractivity contribution in [3.8, 4) is 5.75 Å². The molecule has 6 nitrogen and oxygen atoms in total. The summed E-state index contributed by atoms with van der Waals surface area (Å²) in [4.78, 5) is 11.9. The van der Waals surface area contributed by atoms with E-state index in [0.29, 0.717) is 0 Å². The third kappa shape index (κ3) is 3.95. The van der Waals surface area contributed by atoms with Crippen LogP contribution in [-0.2, 0) is 9.84 Å². The van der Waals surface area contributed by atoms with Gasteiger partial charge in [0.05, 0.1) is 4.90 Å². The summed E-state index contributed by atoms with van der Waals surface area (Å²) in [5, 5.41) is 13.9. The van der Waals surface area contributed by atoms with Gasteiger partial charge in [0.25, 0.3) is 0 Å². The normalized spacial score (nSPS) is 11.0. The standard InChI is InChI=1S/C14H13FN2O4S/c1-22(20,21)11-4-2-3-9(7-11)16-14(19)17-10-5-6-13(18)12(15)8-10/h2-8,18H,1H3,(H2,16,17,19). The maximum absolute atomic E-state index is 13.2. The molecule has 0 radical (unpaired) electrons. The highest BCUT2D eigenvalue weighted by molar-refractivity contribution is 7.90. The Bertz CT molecular complexity index is 821. The van der Waals surface area contributed by atoms with Crippen LogP contribution in [0.1, 0.15) is 0 Å². The number of nitrogens with one attached hydrogen (secondary N) is 2. The van der Waals surface area contributed by atoms with Crippen LogP contribution in [0.4, 0.5) is 20.6 Å². The van der Waals surface area contributed by atoms with Crippen LogP contribution in [0.25, 0.3) is 0 Å². The van der Waals surface area contributed by atoms with Crippen molar-refractivity contribution >= 4 is 27.2 Å².